The molecule has 1 spiro atoms. The summed E-state index contributed by atoms with van der Waals surface area (Å²) in [4.78, 5) is 29.2. The third-order valence-electron chi connectivity index (χ3n) is 7.03. The van der Waals surface area contributed by atoms with E-state index in [1.54, 1.807) is 32.0 Å². The predicted octanol–water partition coefficient (Wildman–Crippen LogP) is 4.88. The number of carbonyl (C=O) groups is 2. The fourth-order valence-electron chi connectivity index (χ4n) is 5.30. The molecule has 6 nitrogen and oxygen atoms in total. The molecule has 4 rings (SSSR count). The Balaban J connectivity index is 1.88. The lowest BCUT2D eigenvalue weighted by Crippen LogP contribution is -2.61. The Morgan fingerprint density at radius 1 is 1.16 bits per heavy atom. The molecule has 1 aliphatic heterocycles. The van der Waals surface area contributed by atoms with Gasteiger partial charge in [-0.05, 0) is 68.9 Å². The highest BCUT2D eigenvalue weighted by Gasteiger charge is 2.70. The van der Waals surface area contributed by atoms with Crippen molar-refractivity contribution >= 4 is 39.0 Å². The number of ether oxygens (including phenoxy) is 2. The number of ketones is 1. The van der Waals surface area contributed by atoms with Gasteiger partial charge in [0.1, 0.15) is 23.4 Å². The summed E-state index contributed by atoms with van der Waals surface area (Å²) in [5, 5.41) is 0.375. The molecule has 0 saturated heterocycles. The van der Waals surface area contributed by atoms with Gasteiger partial charge in [0, 0.05) is 17.2 Å². The van der Waals surface area contributed by atoms with Crippen molar-refractivity contribution in [1.29, 1.82) is 0 Å². The van der Waals surface area contributed by atoms with Crippen LogP contribution in [0.2, 0.25) is 5.02 Å². The first-order valence-electron chi connectivity index (χ1n) is 12.1. The number of carbonyl (C=O) groups excluding carboxylic acids is 2. The van der Waals surface area contributed by atoms with Crippen molar-refractivity contribution in [1.82, 2.24) is 0 Å². The van der Waals surface area contributed by atoms with Crippen molar-refractivity contribution in [2.24, 2.45) is 5.73 Å². The van der Waals surface area contributed by atoms with E-state index in [9.17, 15) is 14.0 Å². The first-order chi connectivity index (χ1) is 17.2. The summed E-state index contributed by atoms with van der Waals surface area (Å²) < 4.78 is 41.9. The number of Topliss-reactive ketones (excluding diaryl/α,β-unsaturated/α-hetero) is 1. The normalized spacial score (nSPS) is 23.9. The molecule has 1 amide bonds. The number of nitrogens with two attached hydrogens (primary N) is 1. The molecule has 2 aliphatic rings. The average Bonchev–Trinajstić information content (AvgIpc) is 3.20. The molecule has 0 unspecified atom stereocenters. The molecular formula is C27H33ClF2N2O4S. The van der Waals surface area contributed by atoms with E-state index in [0.29, 0.717) is 22.9 Å². The number of rotatable bonds is 8. The molecule has 1 heterocycles. The van der Waals surface area contributed by atoms with E-state index >= 15 is 4.39 Å². The van der Waals surface area contributed by atoms with Crippen LogP contribution in [0.1, 0.15) is 37.8 Å². The quantitative estimate of drug-likeness (QED) is 0.471. The van der Waals surface area contributed by atoms with E-state index in [1.807, 2.05) is 0 Å². The third kappa shape index (κ3) is 4.54. The van der Waals surface area contributed by atoms with Crippen LogP contribution in [0.25, 0.3) is 0 Å². The molecule has 1 saturated carbocycles. The molecule has 1 fully saturated rings. The minimum absolute atomic E-state index is 0.0233. The molecule has 1 aliphatic carbocycles. The van der Waals surface area contributed by atoms with Gasteiger partial charge in [0.15, 0.2) is 17.4 Å². The molecule has 0 bridgehead atoms. The molecule has 202 valence electrons. The lowest BCUT2D eigenvalue weighted by atomic mass is 9.64. The highest BCUT2D eigenvalue weighted by atomic mass is 35.5. The van der Waals surface area contributed by atoms with E-state index in [-0.39, 0.29) is 25.3 Å². The van der Waals surface area contributed by atoms with E-state index in [1.165, 1.54) is 11.0 Å². The summed E-state index contributed by atoms with van der Waals surface area (Å²) in [7, 11) is -0.814. The number of hydrogen-bond acceptors (Lipinski definition) is 5. The maximum absolute atomic E-state index is 15.6. The zero-order chi connectivity index (χ0) is 27.3. The van der Waals surface area contributed by atoms with Crippen LogP contribution in [0.4, 0.5) is 14.5 Å². The molecule has 0 radical (unpaired) electrons. The van der Waals surface area contributed by atoms with E-state index in [4.69, 9.17) is 26.8 Å². The van der Waals surface area contributed by atoms with Crippen LogP contribution in [0, 0.1) is 11.6 Å². The smallest absolute Gasteiger partial charge is 0.242 e. The standard InChI is InChI=1S/C27H33ClF2N2O4S/c1-16(2)36-21-9-8-19(29)24(30)23(21)27(31)22(33)10-11-26(27)18-7-6-17(28)14-20(18)32(25(26)34)15-35-12-13-37(3,4)5/h6-9,14,16H,10-13,15,31H2,1-5H3/t26-,27-/m0/s1. The van der Waals surface area contributed by atoms with Crippen molar-refractivity contribution in [2.45, 2.75) is 43.7 Å². The number of hydrogen-bond donors (Lipinski definition) is 1. The van der Waals surface area contributed by atoms with Crippen LogP contribution < -0.4 is 15.4 Å². The number of nitrogens with zero attached hydrogens (tertiary/aromatic N) is 1. The maximum atomic E-state index is 15.6. The van der Waals surface area contributed by atoms with Crippen LogP contribution in [-0.2, 0) is 25.3 Å². The number of anilines is 1. The van der Waals surface area contributed by atoms with Crippen LogP contribution in [0.5, 0.6) is 5.75 Å². The van der Waals surface area contributed by atoms with E-state index < -0.39 is 56.0 Å². The van der Waals surface area contributed by atoms with Gasteiger partial charge in [-0.3, -0.25) is 14.5 Å². The van der Waals surface area contributed by atoms with Crippen LogP contribution in [0.15, 0.2) is 30.3 Å². The van der Waals surface area contributed by atoms with Gasteiger partial charge >= 0.3 is 0 Å². The number of amides is 1. The van der Waals surface area contributed by atoms with Gasteiger partial charge in [0.2, 0.25) is 5.91 Å². The number of fused-ring (bicyclic) bond motifs is 2. The lowest BCUT2D eigenvalue weighted by molar-refractivity contribution is -0.131. The van der Waals surface area contributed by atoms with Gasteiger partial charge in [-0.1, -0.05) is 17.7 Å². The van der Waals surface area contributed by atoms with Crippen molar-refractivity contribution in [3.05, 3.63) is 58.1 Å². The first-order valence-corrected chi connectivity index (χ1v) is 15.5. The Morgan fingerprint density at radius 3 is 2.51 bits per heavy atom. The minimum Gasteiger partial charge on any atom is -0.491 e. The highest BCUT2D eigenvalue weighted by Crippen LogP contribution is 2.59. The van der Waals surface area contributed by atoms with E-state index in [0.717, 1.165) is 11.8 Å². The van der Waals surface area contributed by atoms with Crippen LogP contribution in [-0.4, -0.2) is 55.7 Å². The Labute approximate surface area is 222 Å². The molecule has 0 aromatic heterocycles. The summed E-state index contributed by atoms with van der Waals surface area (Å²) in [5.41, 5.74) is 3.39. The molecule has 37 heavy (non-hydrogen) atoms. The SMILES string of the molecule is CC(C)Oc1ccc(F)c(F)c1[C@@]1(N)C(=O)CC[C@]12C(=O)N(COCCS(C)(C)C)c1cc(Cl)ccc12. The number of benzene rings is 2. The molecule has 10 heteroatoms. The second-order valence-electron chi connectivity index (χ2n) is 10.8. The summed E-state index contributed by atoms with van der Waals surface area (Å²) in [6.45, 7) is 3.78. The summed E-state index contributed by atoms with van der Waals surface area (Å²) in [6.07, 6.45) is 6.01. The minimum atomic E-state index is -2.21. The molecule has 2 atom stereocenters. The molecule has 2 aromatic carbocycles. The Morgan fingerprint density at radius 2 is 1.86 bits per heavy atom. The summed E-state index contributed by atoms with van der Waals surface area (Å²) >= 11 is 6.29. The predicted molar refractivity (Wildman–Crippen MR) is 144 cm³/mol. The van der Waals surface area contributed by atoms with Crippen LogP contribution >= 0.6 is 21.6 Å². The monoisotopic (exact) mass is 554 g/mol. The lowest BCUT2D eigenvalue weighted by Gasteiger charge is -2.39. The van der Waals surface area contributed by atoms with Crippen molar-refractivity contribution in [2.75, 3.05) is 42.8 Å². The highest BCUT2D eigenvalue weighted by molar-refractivity contribution is 8.32. The largest absolute Gasteiger partial charge is 0.491 e. The van der Waals surface area contributed by atoms with Crippen molar-refractivity contribution in [3.8, 4) is 5.75 Å². The van der Waals surface area contributed by atoms with E-state index in [2.05, 4.69) is 18.8 Å². The average molecular weight is 555 g/mol. The second kappa shape index (κ2) is 9.84. The fourth-order valence-corrected chi connectivity index (χ4v) is 6.08. The molecular weight excluding hydrogens is 522 g/mol. The molecule has 2 aromatic rings. The summed E-state index contributed by atoms with van der Waals surface area (Å²) in [6, 6.07) is 7.01. The Hall–Kier alpha value is -2.20. The number of halogens is 3. The maximum Gasteiger partial charge on any atom is 0.242 e. The first kappa shape index (κ1) is 27.8. The third-order valence-corrected chi connectivity index (χ3v) is 8.66. The van der Waals surface area contributed by atoms with Gasteiger partial charge in [0.05, 0.1) is 24.0 Å². The van der Waals surface area contributed by atoms with Gasteiger partial charge in [0.25, 0.3) is 0 Å². The zero-order valence-electron chi connectivity index (χ0n) is 21.7. The second-order valence-corrected chi connectivity index (χ2v) is 15.8. The Kier molecular flexibility index (Phi) is 7.40. The van der Waals surface area contributed by atoms with Gasteiger partial charge in [-0.15, -0.1) is 0 Å². The van der Waals surface area contributed by atoms with Crippen molar-refractivity contribution < 1.29 is 27.8 Å². The van der Waals surface area contributed by atoms with Crippen LogP contribution in [0.3, 0.4) is 0 Å². The van der Waals surface area contributed by atoms with Gasteiger partial charge in [-0.2, -0.15) is 0 Å². The van der Waals surface area contributed by atoms with Gasteiger partial charge in [-0.25, -0.2) is 18.8 Å². The van der Waals surface area contributed by atoms with Crippen molar-refractivity contribution in [3.63, 3.8) is 0 Å². The topological polar surface area (TPSA) is 81.9 Å². The zero-order valence-corrected chi connectivity index (χ0v) is 23.3. The summed E-state index contributed by atoms with van der Waals surface area (Å²) in [5.74, 6) is -2.80. The van der Waals surface area contributed by atoms with Gasteiger partial charge < -0.3 is 15.2 Å². The Bertz CT molecular complexity index is 1250. The fraction of sp³-hybridized carbons (Fsp3) is 0.481. The molecule has 2 N–H and O–H groups in total.